The van der Waals surface area contributed by atoms with Crippen LogP contribution in [0.4, 0.5) is 0 Å². The summed E-state index contributed by atoms with van der Waals surface area (Å²) in [5.41, 5.74) is 1.26. The highest BCUT2D eigenvalue weighted by Crippen LogP contribution is 2.20. The third-order valence-corrected chi connectivity index (χ3v) is 3.77. The number of rotatable bonds is 5. The summed E-state index contributed by atoms with van der Waals surface area (Å²) in [5, 5.41) is 0. The van der Waals surface area contributed by atoms with E-state index in [4.69, 9.17) is 4.74 Å². The smallest absolute Gasteiger partial charge is 0.308 e. The van der Waals surface area contributed by atoms with Gasteiger partial charge in [-0.25, -0.2) is 4.98 Å². The fourth-order valence-corrected chi connectivity index (χ4v) is 2.64. The van der Waals surface area contributed by atoms with Gasteiger partial charge in [-0.1, -0.05) is 6.92 Å². The van der Waals surface area contributed by atoms with Crippen LogP contribution in [0, 0.1) is 5.92 Å². The van der Waals surface area contributed by atoms with Crippen molar-refractivity contribution in [3.8, 4) is 0 Å². The highest BCUT2D eigenvalue weighted by molar-refractivity contribution is 5.72. The van der Waals surface area contributed by atoms with E-state index < -0.39 is 0 Å². The minimum atomic E-state index is -0.0596. The number of imidazole rings is 1. The van der Waals surface area contributed by atoms with E-state index in [-0.39, 0.29) is 11.9 Å². The van der Waals surface area contributed by atoms with Crippen molar-refractivity contribution in [2.45, 2.75) is 39.3 Å². The Morgan fingerprint density at radius 3 is 2.84 bits per heavy atom. The highest BCUT2D eigenvalue weighted by atomic mass is 16.5. The van der Waals surface area contributed by atoms with Crippen molar-refractivity contribution in [3.63, 3.8) is 0 Å². The number of esters is 1. The summed E-state index contributed by atoms with van der Waals surface area (Å²) in [6.07, 6.45) is 6.76. The highest BCUT2D eigenvalue weighted by Gasteiger charge is 2.25. The third kappa shape index (κ3) is 3.56. The summed E-state index contributed by atoms with van der Waals surface area (Å²) < 4.78 is 7.02. The predicted octanol–water partition coefficient (Wildman–Crippen LogP) is 1.68. The summed E-state index contributed by atoms with van der Waals surface area (Å²) >= 11 is 0. The number of nitrogens with zero attached hydrogens (tertiary/aromatic N) is 3. The standard InChI is InChI=1S/C14H23N3O2/c1-3-6-17-11-15-9-13(17)10-16-7-4-12(5-8-16)14(18)19-2/h9,11-12H,3-8,10H2,1-2H3. The molecule has 1 aromatic heterocycles. The third-order valence-electron chi connectivity index (χ3n) is 3.77. The number of ether oxygens (including phenoxy) is 1. The lowest BCUT2D eigenvalue weighted by atomic mass is 9.97. The van der Waals surface area contributed by atoms with Gasteiger partial charge in [0, 0.05) is 19.3 Å². The van der Waals surface area contributed by atoms with E-state index in [2.05, 4.69) is 21.4 Å². The molecule has 0 spiro atoms. The number of piperidine rings is 1. The van der Waals surface area contributed by atoms with Crippen molar-refractivity contribution in [2.24, 2.45) is 5.92 Å². The molecule has 0 amide bonds. The molecular formula is C14H23N3O2. The second-order valence-electron chi connectivity index (χ2n) is 5.15. The molecule has 5 nitrogen and oxygen atoms in total. The number of carbonyl (C=O) groups is 1. The Morgan fingerprint density at radius 1 is 1.47 bits per heavy atom. The molecule has 0 bridgehead atoms. The SMILES string of the molecule is CCCn1cncc1CN1CCC(C(=O)OC)CC1. The molecule has 0 N–H and O–H groups in total. The van der Waals surface area contributed by atoms with Gasteiger partial charge in [-0.05, 0) is 32.4 Å². The van der Waals surface area contributed by atoms with Gasteiger partial charge in [0.1, 0.15) is 0 Å². The van der Waals surface area contributed by atoms with E-state index in [0.29, 0.717) is 0 Å². The zero-order valence-corrected chi connectivity index (χ0v) is 11.8. The first kappa shape index (κ1) is 14.1. The molecule has 0 aromatic carbocycles. The number of aryl methyl sites for hydroxylation is 1. The summed E-state index contributed by atoms with van der Waals surface area (Å²) in [4.78, 5) is 18.1. The maximum absolute atomic E-state index is 11.5. The molecule has 1 aliphatic rings. The van der Waals surface area contributed by atoms with Crippen molar-refractivity contribution >= 4 is 5.97 Å². The van der Waals surface area contributed by atoms with E-state index in [1.807, 2.05) is 12.5 Å². The summed E-state index contributed by atoms with van der Waals surface area (Å²) in [5.74, 6) is 0.0254. The average molecular weight is 265 g/mol. The van der Waals surface area contributed by atoms with Gasteiger partial charge in [0.05, 0.1) is 25.0 Å². The van der Waals surface area contributed by atoms with Crippen molar-refractivity contribution < 1.29 is 9.53 Å². The molecule has 1 saturated heterocycles. The van der Waals surface area contributed by atoms with Crippen LogP contribution in [0.2, 0.25) is 0 Å². The molecule has 19 heavy (non-hydrogen) atoms. The minimum absolute atomic E-state index is 0.0596. The van der Waals surface area contributed by atoms with Gasteiger partial charge in [0.2, 0.25) is 0 Å². The zero-order chi connectivity index (χ0) is 13.7. The van der Waals surface area contributed by atoms with E-state index in [1.165, 1.54) is 12.8 Å². The number of carbonyl (C=O) groups excluding carboxylic acids is 1. The number of likely N-dealkylation sites (tertiary alicyclic amines) is 1. The largest absolute Gasteiger partial charge is 0.469 e. The van der Waals surface area contributed by atoms with E-state index in [0.717, 1.165) is 45.4 Å². The second-order valence-corrected chi connectivity index (χ2v) is 5.15. The molecule has 106 valence electrons. The van der Waals surface area contributed by atoms with Crippen LogP contribution in [0.5, 0.6) is 0 Å². The number of hydrogen-bond acceptors (Lipinski definition) is 4. The molecule has 0 aliphatic carbocycles. The van der Waals surface area contributed by atoms with Crippen LogP contribution in [-0.2, 0) is 22.6 Å². The lowest BCUT2D eigenvalue weighted by Crippen LogP contribution is -2.36. The fourth-order valence-electron chi connectivity index (χ4n) is 2.64. The fraction of sp³-hybridized carbons (Fsp3) is 0.714. The molecule has 0 radical (unpaired) electrons. The first-order chi connectivity index (χ1) is 9.24. The van der Waals surface area contributed by atoms with Gasteiger partial charge >= 0.3 is 5.97 Å². The average Bonchev–Trinajstić information content (AvgIpc) is 2.86. The molecule has 2 heterocycles. The lowest BCUT2D eigenvalue weighted by molar-refractivity contribution is -0.147. The number of methoxy groups -OCH3 is 1. The molecule has 1 aromatic rings. The van der Waals surface area contributed by atoms with Crippen LogP contribution in [0.15, 0.2) is 12.5 Å². The molecule has 1 fully saturated rings. The molecule has 2 rings (SSSR count). The Labute approximate surface area is 114 Å². The minimum Gasteiger partial charge on any atom is -0.469 e. The van der Waals surface area contributed by atoms with Gasteiger partial charge in [0.15, 0.2) is 0 Å². The van der Waals surface area contributed by atoms with E-state index in [1.54, 1.807) is 0 Å². The van der Waals surface area contributed by atoms with Gasteiger partial charge in [-0.15, -0.1) is 0 Å². The van der Waals surface area contributed by atoms with Crippen LogP contribution < -0.4 is 0 Å². The maximum atomic E-state index is 11.5. The first-order valence-corrected chi connectivity index (χ1v) is 7.03. The Morgan fingerprint density at radius 2 is 2.21 bits per heavy atom. The van der Waals surface area contributed by atoms with Crippen molar-refractivity contribution in [2.75, 3.05) is 20.2 Å². The molecule has 5 heteroatoms. The van der Waals surface area contributed by atoms with Crippen LogP contribution in [0.25, 0.3) is 0 Å². The monoisotopic (exact) mass is 265 g/mol. The molecular weight excluding hydrogens is 242 g/mol. The molecule has 0 saturated carbocycles. The van der Waals surface area contributed by atoms with Crippen molar-refractivity contribution in [1.82, 2.24) is 14.5 Å². The predicted molar refractivity (Wildman–Crippen MR) is 72.5 cm³/mol. The van der Waals surface area contributed by atoms with Crippen LogP contribution in [-0.4, -0.2) is 40.6 Å². The second kappa shape index (κ2) is 6.70. The summed E-state index contributed by atoms with van der Waals surface area (Å²) in [6, 6.07) is 0. The summed E-state index contributed by atoms with van der Waals surface area (Å²) in [6.45, 7) is 6.03. The van der Waals surface area contributed by atoms with Gasteiger partial charge in [0.25, 0.3) is 0 Å². The van der Waals surface area contributed by atoms with Crippen molar-refractivity contribution in [1.29, 1.82) is 0 Å². The van der Waals surface area contributed by atoms with Crippen LogP contribution in [0.3, 0.4) is 0 Å². The topological polar surface area (TPSA) is 47.4 Å². The normalized spacial score (nSPS) is 17.6. The zero-order valence-electron chi connectivity index (χ0n) is 11.8. The Bertz CT molecular complexity index is 409. The molecule has 1 aliphatic heterocycles. The Balaban J connectivity index is 1.85. The lowest BCUT2D eigenvalue weighted by Gasteiger charge is -2.30. The molecule has 0 unspecified atom stereocenters. The Kier molecular flexibility index (Phi) is 4.96. The van der Waals surface area contributed by atoms with Gasteiger partial charge < -0.3 is 9.30 Å². The van der Waals surface area contributed by atoms with Gasteiger partial charge in [-0.2, -0.15) is 0 Å². The number of hydrogen-bond donors (Lipinski definition) is 0. The van der Waals surface area contributed by atoms with Gasteiger partial charge in [-0.3, -0.25) is 9.69 Å². The Hall–Kier alpha value is -1.36. The number of aromatic nitrogens is 2. The molecule has 0 atom stereocenters. The maximum Gasteiger partial charge on any atom is 0.308 e. The first-order valence-electron chi connectivity index (χ1n) is 7.03. The summed E-state index contributed by atoms with van der Waals surface area (Å²) in [7, 11) is 1.47. The quantitative estimate of drug-likeness (QED) is 0.760. The van der Waals surface area contributed by atoms with E-state index >= 15 is 0 Å². The van der Waals surface area contributed by atoms with Crippen LogP contribution >= 0.6 is 0 Å². The van der Waals surface area contributed by atoms with Crippen molar-refractivity contribution in [3.05, 3.63) is 18.2 Å². The van der Waals surface area contributed by atoms with E-state index in [9.17, 15) is 4.79 Å². The van der Waals surface area contributed by atoms with Crippen LogP contribution in [0.1, 0.15) is 31.9 Å².